The molecule has 0 N–H and O–H groups in total. The number of carbonyl (C=O) groups excluding carboxylic acids is 2. The van der Waals surface area contributed by atoms with Crippen LogP contribution in [0.2, 0.25) is 5.02 Å². The number of rotatable bonds is 5. The van der Waals surface area contributed by atoms with Crippen LogP contribution in [0.15, 0.2) is 18.2 Å². The molecule has 1 aromatic rings. The minimum atomic E-state index is -3.14. The molecule has 0 aromatic heterocycles. The molecule has 3 rings (SSSR count). The Bertz CT molecular complexity index is 838. The first kappa shape index (κ1) is 20.1. The summed E-state index contributed by atoms with van der Waals surface area (Å²) >= 11 is 5.84. The number of hydrogen-bond donors (Lipinski definition) is 0. The number of carbonyl (C=O) groups is 2. The van der Waals surface area contributed by atoms with E-state index in [1.54, 1.807) is 4.90 Å². The van der Waals surface area contributed by atoms with E-state index in [0.717, 1.165) is 37.8 Å². The SMILES string of the molecule is O=C(OCC(=O)N(C1CCCC1)[C@H]1CCS(=O)(=O)C1)c1ccc(F)cc1Cl. The van der Waals surface area contributed by atoms with Crippen LogP contribution in [-0.4, -0.2) is 55.4 Å². The highest BCUT2D eigenvalue weighted by molar-refractivity contribution is 7.91. The van der Waals surface area contributed by atoms with E-state index < -0.39 is 34.1 Å². The van der Waals surface area contributed by atoms with Gasteiger partial charge in [-0.25, -0.2) is 17.6 Å². The molecule has 0 bridgehead atoms. The van der Waals surface area contributed by atoms with E-state index in [1.807, 2.05) is 0 Å². The highest BCUT2D eigenvalue weighted by atomic mass is 35.5. The summed E-state index contributed by atoms with van der Waals surface area (Å²) in [6.45, 7) is -0.500. The first-order valence-corrected chi connectivity index (χ1v) is 11.1. The summed E-state index contributed by atoms with van der Waals surface area (Å²) in [6, 6.07) is 2.87. The van der Waals surface area contributed by atoms with E-state index in [2.05, 4.69) is 0 Å². The molecule has 27 heavy (non-hydrogen) atoms. The van der Waals surface area contributed by atoms with Crippen LogP contribution in [0.5, 0.6) is 0 Å². The van der Waals surface area contributed by atoms with Crippen LogP contribution in [0.4, 0.5) is 4.39 Å². The van der Waals surface area contributed by atoms with Crippen molar-refractivity contribution in [1.29, 1.82) is 0 Å². The molecule has 1 saturated carbocycles. The fourth-order valence-electron chi connectivity index (χ4n) is 3.82. The van der Waals surface area contributed by atoms with E-state index in [1.165, 1.54) is 6.07 Å². The van der Waals surface area contributed by atoms with Gasteiger partial charge in [0, 0.05) is 12.1 Å². The Morgan fingerprint density at radius 1 is 1.19 bits per heavy atom. The van der Waals surface area contributed by atoms with Crippen LogP contribution >= 0.6 is 11.6 Å². The van der Waals surface area contributed by atoms with Crippen molar-refractivity contribution in [2.45, 2.75) is 44.2 Å². The zero-order valence-electron chi connectivity index (χ0n) is 14.7. The number of benzene rings is 1. The van der Waals surface area contributed by atoms with Crippen LogP contribution in [0.25, 0.3) is 0 Å². The smallest absolute Gasteiger partial charge is 0.340 e. The minimum absolute atomic E-state index is 0.0242. The average molecular weight is 418 g/mol. The van der Waals surface area contributed by atoms with Crippen molar-refractivity contribution in [2.24, 2.45) is 0 Å². The summed E-state index contributed by atoms with van der Waals surface area (Å²) < 4.78 is 41.8. The zero-order valence-corrected chi connectivity index (χ0v) is 16.3. The van der Waals surface area contributed by atoms with Gasteiger partial charge >= 0.3 is 5.97 Å². The molecule has 6 nitrogen and oxygen atoms in total. The predicted molar refractivity (Wildman–Crippen MR) is 97.9 cm³/mol. The third kappa shape index (κ3) is 4.79. The van der Waals surface area contributed by atoms with Crippen LogP contribution in [0.1, 0.15) is 42.5 Å². The standard InChI is InChI=1S/C18H21ClFNO5S/c19-16-9-12(20)5-6-15(16)18(23)26-10-17(22)21(13-3-1-2-4-13)14-7-8-27(24,25)11-14/h5-6,9,13-14H,1-4,7-8,10-11H2/t14-/m0/s1. The second kappa shape index (κ2) is 8.14. The van der Waals surface area contributed by atoms with Crippen molar-refractivity contribution in [1.82, 2.24) is 4.90 Å². The fourth-order valence-corrected chi connectivity index (χ4v) is 5.77. The number of nitrogens with zero attached hydrogens (tertiary/aromatic N) is 1. The molecule has 0 spiro atoms. The van der Waals surface area contributed by atoms with Gasteiger partial charge in [0.25, 0.3) is 5.91 Å². The van der Waals surface area contributed by atoms with Gasteiger partial charge in [-0.3, -0.25) is 4.79 Å². The Balaban J connectivity index is 1.68. The van der Waals surface area contributed by atoms with Gasteiger partial charge in [0.15, 0.2) is 16.4 Å². The van der Waals surface area contributed by atoms with Crippen molar-refractivity contribution in [3.63, 3.8) is 0 Å². The second-order valence-electron chi connectivity index (χ2n) is 7.00. The first-order chi connectivity index (χ1) is 12.8. The maximum absolute atomic E-state index is 13.1. The van der Waals surface area contributed by atoms with E-state index in [-0.39, 0.29) is 34.2 Å². The van der Waals surface area contributed by atoms with Gasteiger partial charge in [0.1, 0.15) is 5.82 Å². The third-order valence-corrected chi connectivity index (χ3v) is 7.15. The molecule has 1 aliphatic carbocycles. The van der Waals surface area contributed by atoms with Gasteiger partial charge in [-0.15, -0.1) is 0 Å². The number of ether oxygens (including phenoxy) is 1. The molecule has 1 aliphatic heterocycles. The van der Waals surface area contributed by atoms with Crippen LogP contribution in [-0.2, 0) is 19.4 Å². The zero-order chi connectivity index (χ0) is 19.6. The van der Waals surface area contributed by atoms with Gasteiger partial charge in [0.2, 0.25) is 0 Å². The van der Waals surface area contributed by atoms with Crippen molar-refractivity contribution >= 4 is 33.3 Å². The van der Waals surface area contributed by atoms with E-state index in [4.69, 9.17) is 16.3 Å². The fraction of sp³-hybridized carbons (Fsp3) is 0.556. The maximum Gasteiger partial charge on any atom is 0.340 e. The summed E-state index contributed by atoms with van der Waals surface area (Å²) in [5, 5.41) is -0.0954. The van der Waals surface area contributed by atoms with Crippen molar-refractivity contribution in [2.75, 3.05) is 18.1 Å². The summed E-state index contributed by atoms with van der Waals surface area (Å²) in [4.78, 5) is 26.5. The molecule has 1 heterocycles. The van der Waals surface area contributed by atoms with Gasteiger partial charge in [0.05, 0.1) is 22.1 Å². The molecule has 2 fully saturated rings. The summed E-state index contributed by atoms with van der Waals surface area (Å²) in [6.07, 6.45) is 4.01. The molecule has 1 aromatic carbocycles. The van der Waals surface area contributed by atoms with Crippen LogP contribution < -0.4 is 0 Å². The quantitative estimate of drug-likeness (QED) is 0.688. The minimum Gasteiger partial charge on any atom is -0.452 e. The van der Waals surface area contributed by atoms with Gasteiger partial charge in [-0.05, 0) is 37.5 Å². The van der Waals surface area contributed by atoms with Gasteiger partial charge in [-0.2, -0.15) is 0 Å². The summed E-state index contributed by atoms with van der Waals surface area (Å²) in [5.74, 6) is -1.79. The lowest BCUT2D eigenvalue weighted by Crippen LogP contribution is -2.48. The second-order valence-corrected chi connectivity index (χ2v) is 9.63. The number of halogens is 2. The number of esters is 1. The molecule has 1 atom stereocenters. The number of hydrogen-bond acceptors (Lipinski definition) is 5. The Labute approximate surface area is 162 Å². The Morgan fingerprint density at radius 3 is 2.48 bits per heavy atom. The first-order valence-electron chi connectivity index (χ1n) is 8.90. The maximum atomic E-state index is 13.1. The normalized spacial score (nSPS) is 21.9. The van der Waals surface area contributed by atoms with Crippen molar-refractivity contribution < 1.29 is 27.1 Å². The molecule has 1 saturated heterocycles. The van der Waals surface area contributed by atoms with Gasteiger partial charge in [-0.1, -0.05) is 24.4 Å². The molecule has 0 unspecified atom stereocenters. The highest BCUT2D eigenvalue weighted by Gasteiger charge is 2.39. The van der Waals surface area contributed by atoms with E-state index in [0.29, 0.717) is 6.42 Å². The van der Waals surface area contributed by atoms with Crippen molar-refractivity contribution in [3.8, 4) is 0 Å². The topological polar surface area (TPSA) is 80.8 Å². The van der Waals surface area contributed by atoms with Crippen molar-refractivity contribution in [3.05, 3.63) is 34.6 Å². The summed E-state index contributed by atoms with van der Waals surface area (Å²) in [5.41, 5.74) is -0.0262. The van der Waals surface area contributed by atoms with Gasteiger partial charge < -0.3 is 9.64 Å². The monoisotopic (exact) mass is 417 g/mol. The average Bonchev–Trinajstić information content (AvgIpc) is 3.23. The lowest BCUT2D eigenvalue weighted by Gasteiger charge is -2.33. The molecule has 148 valence electrons. The van der Waals surface area contributed by atoms with Crippen LogP contribution in [0.3, 0.4) is 0 Å². The van der Waals surface area contributed by atoms with E-state index >= 15 is 0 Å². The molecule has 2 aliphatic rings. The lowest BCUT2D eigenvalue weighted by molar-refractivity contribution is -0.139. The van der Waals surface area contributed by atoms with E-state index in [9.17, 15) is 22.4 Å². The Hall–Kier alpha value is -1.67. The molecule has 9 heteroatoms. The highest BCUT2D eigenvalue weighted by Crippen LogP contribution is 2.29. The Morgan fingerprint density at radius 2 is 1.89 bits per heavy atom. The molecular formula is C18H21ClFNO5S. The molecular weight excluding hydrogens is 397 g/mol. The van der Waals surface area contributed by atoms with Crippen LogP contribution in [0, 0.1) is 5.82 Å². The summed E-state index contributed by atoms with van der Waals surface area (Å²) in [7, 11) is -3.14. The molecule has 1 amide bonds. The molecule has 0 radical (unpaired) electrons. The lowest BCUT2D eigenvalue weighted by atomic mass is 10.1. The number of amides is 1. The third-order valence-electron chi connectivity index (χ3n) is 5.09. The number of sulfone groups is 1. The predicted octanol–water partition coefficient (Wildman–Crippen LogP) is 2.59. The largest absolute Gasteiger partial charge is 0.452 e. The Kier molecular flexibility index (Phi) is 6.05.